The van der Waals surface area contributed by atoms with Crippen molar-refractivity contribution < 1.29 is 14.3 Å². The van der Waals surface area contributed by atoms with E-state index >= 15 is 0 Å². The Morgan fingerprint density at radius 1 is 1.00 bits per heavy atom. The highest BCUT2D eigenvalue weighted by Crippen LogP contribution is 2.33. The minimum Gasteiger partial charge on any atom is -0.493 e. The number of aryl methyl sites for hydroxylation is 2. The van der Waals surface area contributed by atoms with Crippen LogP contribution in [0.4, 0.5) is 5.69 Å². The molecule has 0 bridgehead atoms. The lowest BCUT2D eigenvalue weighted by atomic mass is 10.1. The van der Waals surface area contributed by atoms with Crippen LogP contribution in [0.2, 0.25) is 5.02 Å². The fourth-order valence-corrected chi connectivity index (χ4v) is 4.15. The maximum atomic E-state index is 12.5. The first-order valence-corrected chi connectivity index (χ1v) is 11.5. The van der Waals surface area contributed by atoms with Gasteiger partial charge in [0.25, 0.3) is 5.91 Å². The third kappa shape index (κ3) is 5.78. The average Bonchev–Trinajstić information content (AvgIpc) is 3.14. The summed E-state index contributed by atoms with van der Waals surface area (Å²) in [5, 5.41) is 4.07. The number of hydrogen-bond donors (Lipinski definition) is 1. The van der Waals surface area contributed by atoms with E-state index in [1.165, 1.54) is 17.3 Å². The summed E-state index contributed by atoms with van der Waals surface area (Å²) in [6.07, 6.45) is 1.81. The number of carbonyl (C=O) groups is 1. The molecule has 33 heavy (non-hydrogen) atoms. The lowest BCUT2D eigenvalue weighted by Crippen LogP contribution is -2.19. The molecule has 1 N–H and O–H groups in total. The number of methoxy groups -OCH3 is 1. The number of amidine groups is 1. The largest absolute Gasteiger partial charge is 0.493 e. The van der Waals surface area contributed by atoms with Crippen LogP contribution < -0.4 is 14.8 Å². The molecule has 0 unspecified atom stereocenters. The zero-order valence-corrected chi connectivity index (χ0v) is 20.1. The predicted octanol–water partition coefficient (Wildman–Crippen LogP) is 6.44. The minimum atomic E-state index is -0.176. The van der Waals surface area contributed by atoms with Crippen LogP contribution in [0.5, 0.6) is 11.5 Å². The Balaban J connectivity index is 1.48. The molecule has 3 aromatic carbocycles. The minimum absolute atomic E-state index is 0.176. The van der Waals surface area contributed by atoms with Crippen molar-refractivity contribution in [3.05, 3.63) is 92.8 Å². The molecule has 4 rings (SSSR count). The van der Waals surface area contributed by atoms with E-state index in [1.54, 1.807) is 7.11 Å². The van der Waals surface area contributed by atoms with Crippen LogP contribution >= 0.6 is 23.4 Å². The van der Waals surface area contributed by atoms with E-state index in [1.807, 2.05) is 73.7 Å². The maximum Gasteiger partial charge on any atom is 0.264 e. The number of rotatable bonds is 6. The summed E-state index contributed by atoms with van der Waals surface area (Å²) in [4.78, 5) is 17.6. The van der Waals surface area contributed by atoms with Crippen molar-refractivity contribution in [2.45, 2.75) is 20.5 Å². The van der Waals surface area contributed by atoms with Gasteiger partial charge < -0.3 is 14.8 Å². The number of ether oxygens (including phenoxy) is 2. The van der Waals surface area contributed by atoms with Crippen LogP contribution in [0, 0.1) is 13.8 Å². The molecule has 0 saturated carbocycles. The van der Waals surface area contributed by atoms with Gasteiger partial charge in [0.15, 0.2) is 16.7 Å². The molecule has 168 valence electrons. The molecule has 0 atom stereocenters. The molecule has 1 fully saturated rings. The second-order valence-corrected chi connectivity index (χ2v) is 9.04. The fourth-order valence-electron chi connectivity index (χ4n) is 3.18. The summed E-state index contributed by atoms with van der Waals surface area (Å²) in [6, 6.07) is 19.0. The zero-order chi connectivity index (χ0) is 23.4. The topological polar surface area (TPSA) is 59.9 Å². The van der Waals surface area contributed by atoms with Crippen molar-refractivity contribution in [2.75, 3.05) is 7.11 Å². The first kappa shape index (κ1) is 23.0. The number of carbonyl (C=O) groups excluding carboxylic acids is 1. The van der Waals surface area contributed by atoms with Gasteiger partial charge in [0.05, 0.1) is 17.7 Å². The van der Waals surface area contributed by atoms with Gasteiger partial charge in [-0.25, -0.2) is 4.99 Å². The summed E-state index contributed by atoms with van der Waals surface area (Å²) in [5.41, 5.74) is 5.01. The Morgan fingerprint density at radius 2 is 1.79 bits per heavy atom. The van der Waals surface area contributed by atoms with Crippen LogP contribution in [-0.4, -0.2) is 18.2 Å². The second-order valence-electron chi connectivity index (χ2n) is 7.58. The van der Waals surface area contributed by atoms with Gasteiger partial charge in [-0.2, -0.15) is 0 Å². The monoisotopic (exact) mass is 478 g/mol. The Labute approximate surface area is 202 Å². The smallest absolute Gasteiger partial charge is 0.264 e. The van der Waals surface area contributed by atoms with Gasteiger partial charge in [0.1, 0.15) is 6.61 Å². The van der Waals surface area contributed by atoms with Gasteiger partial charge in [-0.3, -0.25) is 4.79 Å². The van der Waals surface area contributed by atoms with Gasteiger partial charge >= 0.3 is 0 Å². The molecule has 1 amide bonds. The van der Waals surface area contributed by atoms with E-state index < -0.39 is 0 Å². The number of amides is 1. The Morgan fingerprint density at radius 3 is 2.52 bits per heavy atom. The normalized spacial score (nSPS) is 15.7. The molecule has 5 nitrogen and oxygen atoms in total. The average molecular weight is 479 g/mol. The molecule has 0 aromatic heterocycles. The van der Waals surface area contributed by atoms with Crippen LogP contribution in [0.15, 0.2) is 70.6 Å². The number of aliphatic imine (C=N–C) groups is 1. The number of benzene rings is 3. The van der Waals surface area contributed by atoms with E-state index in [4.69, 9.17) is 21.1 Å². The molecular weight excluding hydrogens is 456 g/mol. The Bertz CT molecular complexity index is 1250. The molecular formula is C26H23ClN2O3S. The molecule has 7 heteroatoms. The molecule has 1 saturated heterocycles. The van der Waals surface area contributed by atoms with Crippen molar-refractivity contribution in [3.8, 4) is 11.5 Å². The van der Waals surface area contributed by atoms with E-state index in [0.29, 0.717) is 33.2 Å². The van der Waals surface area contributed by atoms with E-state index in [2.05, 4.69) is 17.2 Å². The van der Waals surface area contributed by atoms with Crippen LogP contribution in [0.1, 0.15) is 22.3 Å². The Kier molecular flexibility index (Phi) is 7.06. The molecule has 0 radical (unpaired) electrons. The first-order chi connectivity index (χ1) is 15.9. The van der Waals surface area contributed by atoms with Crippen molar-refractivity contribution in [2.24, 2.45) is 4.99 Å². The van der Waals surface area contributed by atoms with Crippen LogP contribution in [-0.2, 0) is 11.4 Å². The number of halogens is 1. The van der Waals surface area contributed by atoms with Gasteiger partial charge in [-0.15, -0.1) is 0 Å². The Hall–Kier alpha value is -3.22. The van der Waals surface area contributed by atoms with Gasteiger partial charge in [0.2, 0.25) is 0 Å². The molecule has 0 aliphatic carbocycles. The summed E-state index contributed by atoms with van der Waals surface area (Å²) in [6.45, 7) is 4.49. The third-order valence-corrected chi connectivity index (χ3v) is 6.33. The van der Waals surface area contributed by atoms with Gasteiger partial charge in [0, 0.05) is 5.02 Å². The quantitative estimate of drug-likeness (QED) is 0.414. The van der Waals surface area contributed by atoms with Crippen molar-refractivity contribution in [1.82, 2.24) is 5.32 Å². The molecule has 1 aliphatic rings. The highest BCUT2D eigenvalue weighted by Gasteiger charge is 2.24. The van der Waals surface area contributed by atoms with E-state index in [9.17, 15) is 4.79 Å². The SMILES string of the molecule is COc1cc(C=C2SC(=Nc3ccc(C)c(C)c3)NC2=O)ccc1OCc1ccc(Cl)cc1. The zero-order valence-electron chi connectivity index (χ0n) is 18.5. The highest BCUT2D eigenvalue weighted by molar-refractivity contribution is 8.18. The predicted molar refractivity (Wildman–Crippen MR) is 135 cm³/mol. The fraction of sp³-hybridized carbons (Fsp3) is 0.154. The molecule has 0 spiro atoms. The van der Waals surface area contributed by atoms with Crippen molar-refractivity contribution in [3.63, 3.8) is 0 Å². The van der Waals surface area contributed by atoms with E-state index in [-0.39, 0.29) is 5.91 Å². The highest BCUT2D eigenvalue weighted by atomic mass is 35.5. The first-order valence-electron chi connectivity index (χ1n) is 10.3. The van der Waals surface area contributed by atoms with E-state index in [0.717, 1.165) is 22.4 Å². The van der Waals surface area contributed by atoms with Crippen LogP contribution in [0.25, 0.3) is 6.08 Å². The number of hydrogen-bond acceptors (Lipinski definition) is 5. The molecule has 1 heterocycles. The summed E-state index contributed by atoms with van der Waals surface area (Å²) in [5.74, 6) is 1.03. The number of nitrogens with one attached hydrogen (secondary N) is 1. The van der Waals surface area contributed by atoms with Gasteiger partial charge in [-0.05, 0) is 90.3 Å². The standard InChI is InChI=1S/C26H23ClN2O3S/c1-16-4-10-21(12-17(16)2)28-26-29-25(30)24(33-26)14-19-7-11-22(23(13-19)31-3)32-15-18-5-8-20(27)9-6-18/h4-14H,15H2,1-3H3,(H,28,29,30). The van der Waals surface area contributed by atoms with Crippen molar-refractivity contribution >= 4 is 46.2 Å². The lowest BCUT2D eigenvalue weighted by Gasteiger charge is -2.11. The molecule has 1 aliphatic heterocycles. The summed E-state index contributed by atoms with van der Waals surface area (Å²) >= 11 is 7.24. The molecule has 3 aromatic rings. The maximum absolute atomic E-state index is 12.5. The summed E-state index contributed by atoms with van der Waals surface area (Å²) < 4.78 is 11.4. The third-order valence-electron chi connectivity index (χ3n) is 5.17. The van der Waals surface area contributed by atoms with Crippen LogP contribution in [0.3, 0.4) is 0 Å². The van der Waals surface area contributed by atoms with Crippen molar-refractivity contribution in [1.29, 1.82) is 0 Å². The lowest BCUT2D eigenvalue weighted by molar-refractivity contribution is -0.115. The van der Waals surface area contributed by atoms with Gasteiger partial charge in [-0.1, -0.05) is 35.9 Å². The second kappa shape index (κ2) is 10.1. The number of thioether (sulfide) groups is 1. The number of nitrogens with zero attached hydrogens (tertiary/aromatic N) is 1. The summed E-state index contributed by atoms with van der Waals surface area (Å²) in [7, 11) is 1.59.